The summed E-state index contributed by atoms with van der Waals surface area (Å²) in [5.41, 5.74) is 1.34. The zero-order chi connectivity index (χ0) is 15.5. The fourth-order valence-corrected chi connectivity index (χ4v) is 3.31. The lowest BCUT2D eigenvalue weighted by molar-refractivity contribution is 0.147. The van der Waals surface area contributed by atoms with E-state index in [0.717, 1.165) is 11.6 Å². The fourth-order valence-electron chi connectivity index (χ4n) is 3.31. The van der Waals surface area contributed by atoms with Crippen molar-refractivity contribution in [3.63, 3.8) is 0 Å². The monoisotopic (exact) mass is 293 g/mol. The Morgan fingerprint density at radius 3 is 2.48 bits per heavy atom. The maximum atomic E-state index is 13.2. The van der Waals surface area contributed by atoms with Crippen molar-refractivity contribution < 1.29 is 9.13 Å². The largest absolute Gasteiger partial charge is 0.494 e. The van der Waals surface area contributed by atoms with Gasteiger partial charge in [-0.15, -0.1) is 0 Å². The van der Waals surface area contributed by atoms with Crippen LogP contribution in [-0.2, 0) is 0 Å². The van der Waals surface area contributed by atoms with Crippen LogP contribution in [0.1, 0.15) is 52.9 Å². The molecule has 0 aromatic heterocycles. The van der Waals surface area contributed by atoms with Gasteiger partial charge in [-0.05, 0) is 49.1 Å². The number of rotatable bonds is 5. The first kappa shape index (κ1) is 16.1. The molecular formula is C18H28FNO. The van der Waals surface area contributed by atoms with Crippen LogP contribution in [0, 0.1) is 17.2 Å². The molecule has 21 heavy (non-hydrogen) atoms. The van der Waals surface area contributed by atoms with Crippen molar-refractivity contribution in [3.05, 3.63) is 24.0 Å². The third-order valence-electron chi connectivity index (χ3n) is 5.27. The fraction of sp³-hybridized carbons (Fsp3) is 0.667. The number of halogens is 1. The van der Waals surface area contributed by atoms with Crippen LogP contribution in [0.15, 0.2) is 18.2 Å². The van der Waals surface area contributed by atoms with Crippen molar-refractivity contribution in [1.82, 2.24) is 0 Å². The van der Waals surface area contributed by atoms with Gasteiger partial charge in [-0.2, -0.15) is 0 Å². The summed E-state index contributed by atoms with van der Waals surface area (Å²) in [4.78, 5) is 0. The molecule has 2 nitrogen and oxygen atoms in total. The standard InChI is InChI=1S/C18H28FNO/c1-5-18(2,3)13-6-9-15(10-7-13)20-16-11-8-14(19)12-17(16)21-4/h8,11-13,15,20H,5-7,9-10H2,1-4H3. The summed E-state index contributed by atoms with van der Waals surface area (Å²) in [6, 6.07) is 5.16. The molecule has 1 aliphatic rings. The summed E-state index contributed by atoms with van der Waals surface area (Å²) >= 11 is 0. The third-order valence-corrected chi connectivity index (χ3v) is 5.27. The summed E-state index contributed by atoms with van der Waals surface area (Å²) in [5, 5.41) is 3.53. The minimum Gasteiger partial charge on any atom is -0.494 e. The lowest BCUT2D eigenvalue weighted by Crippen LogP contribution is -2.32. The Morgan fingerprint density at radius 2 is 1.90 bits per heavy atom. The molecule has 0 atom stereocenters. The molecule has 1 aromatic carbocycles. The van der Waals surface area contributed by atoms with Gasteiger partial charge < -0.3 is 10.1 Å². The van der Waals surface area contributed by atoms with Crippen LogP contribution >= 0.6 is 0 Å². The van der Waals surface area contributed by atoms with Crippen LogP contribution in [0.25, 0.3) is 0 Å². The Labute approximate surface area is 128 Å². The van der Waals surface area contributed by atoms with E-state index in [1.165, 1.54) is 44.2 Å². The predicted molar refractivity (Wildman–Crippen MR) is 86.4 cm³/mol. The highest BCUT2D eigenvalue weighted by Crippen LogP contribution is 2.41. The topological polar surface area (TPSA) is 21.3 Å². The zero-order valence-electron chi connectivity index (χ0n) is 13.7. The summed E-state index contributed by atoms with van der Waals surface area (Å²) in [7, 11) is 1.58. The van der Waals surface area contributed by atoms with E-state index in [2.05, 4.69) is 26.1 Å². The van der Waals surface area contributed by atoms with Crippen molar-refractivity contribution in [2.24, 2.45) is 11.3 Å². The van der Waals surface area contributed by atoms with Gasteiger partial charge >= 0.3 is 0 Å². The van der Waals surface area contributed by atoms with E-state index in [0.29, 0.717) is 17.2 Å². The van der Waals surface area contributed by atoms with E-state index in [4.69, 9.17) is 4.74 Å². The maximum absolute atomic E-state index is 13.2. The van der Waals surface area contributed by atoms with Gasteiger partial charge in [-0.1, -0.05) is 27.2 Å². The van der Waals surface area contributed by atoms with Gasteiger partial charge in [-0.3, -0.25) is 0 Å². The minimum atomic E-state index is -0.259. The summed E-state index contributed by atoms with van der Waals surface area (Å²) in [6.45, 7) is 7.05. The van der Waals surface area contributed by atoms with Gasteiger partial charge in [0.2, 0.25) is 0 Å². The van der Waals surface area contributed by atoms with Crippen LogP contribution in [0.3, 0.4) is 0 Å². The smallest absolute Gasteiger partial charge is 0.144 e. The van der Waals surface area contributed by atoms with Gasteiger partial charge in [0.25, 0.3) is 0 Å². The van der Waals surface area contributed by atoms with E-state index < -0.39 is 0 Å². The zero-order valence-corrected chi connectivity index (χ0v) is 13.7. The first-order chi connectivity index (χ1) is 9.96. The number of nitrogens with one attached hydrogen (secondary N) is 1. The average molecular weight is 293 g/mol. The maximum Gasteiger partial charge on any atom is 0.144 e. The average Bonchev–Trinajstić information content (AvgIpc) is 2.49. The first-order valence-electron chi connectivity index (χ1n) is 8.06. The SMILES string of the molecule is CCC(C)(C)C1CCC(Nc2ccc(F)cc2OC)CC1. The van der Waals surface area contributed by atoms with Crippen LogP contribution in [0.5, 0.6) is 5.75 Å². The minimum absolute atomic E-state index is 0.259. The second-order valence-corrected chi connectivity index (χ2v) is 6.88. The number of anilines is 1. The molecule has 0 radical (unpaired) electrons. The van der Waals surface area contributed by atoms with Crippen molar-refractivity contribution in [2.45, 2.75) is 58.9 Å². The molecule has 1 aliphatic carbocycles. The lowest BCUT2D eigenvalue weighted by atomic mass is 9.69. The second-order valence-electron chi connectivity index (χ2n) is 6.88. The van der Waals surface area contributed by atoms with Crippen LogP contribution in [0.4, 0.5) is 10.1 Å². The van der Waals surface area contributed by atoms with E-state index in [1.807, 2.05) is 0 Å². The molecule has 0 unspecified atom stereocenters. The van der Waals surface area contributed by atoms with Crippen molar-refractivity contribution in [1.29, 1.82) is 0 Å². The molecule has 118 valence electrons. The van der Waals surface area contributed by atoms with E-state index in [1.54, 1.807) is 13.2 Å². The Morgan fingerprint density at radius 1 is 1.24 bits per heavy atom. The number of hydrogen-bond donors (Lipinski definition) is 1. The molecule has 0 spiro atoms. The normalized spacial score (nSPS) is 22.9. The summed E-state index contributed by atoms with van der Waals surface area (Å²) in [6.07, 6.45) is 6.12. The van der Waals surface area contributed by atoms with E-state index in [-0.39, 0.29) is 5.82 Å². The van der Waals surface area contributed by atoms with E-state index >= 15 is 0 Å². The van der Waals surface area contributed by atoms with Gasteiger partial charge in [0.1, 0.15) is 11.6 Å². The van der Waals surface area contributed by atoms with Crippen molar-refractivity contribution >= 4 is 5.69 Å². The molecule has 0 amide bonds. The highest BCUT2D eigenvalue weighted by atomic mass is 19.1. The summed E-state index contributed by atoms with van der Waals surface area (Å²) < 4.78 is 18.5. The Balaban J connectivity index is 1.95. The quantitative estimate of drug-likeness (QED) is 0.801. The summed E-state index contributed by atoms with van der Waals surface area (Å²) in [5.74, 6) is 1.15. The number of benzene rings is 1. The molecule has 0 saturated heterocycles. The lowest BCUT2D eigenvalue weighted by Gasteiger charge is -2.39. The van der Waals surface area contributed by atoms with Gasteiger partial charge in [-0.25, -0.2) is 4.39 Å². The molecule has 0 aliphatic heterocycles. The molecule has 2 rings (SSSR count). The Bertz CT molecular complexity index is 464. The number of methoxy groups -OCH3 is 1. The van der Waals surface area contributed by atoms with Crippen LogP contribution in [-0.4, -0.2) is 13.2 Å². The first-order valence-corrected chi connectivity index (χ1v) is 8.06. The number of hydrogen-bond acceptors (Lipinski definition) is 2. The number of ether oxygens (including phenoxy) is 1. The molecule has 0 bridgehead atoms. The van der Waals surface area contributed by atoms with Gasteiger partial charge in [0, 0.05) is 12.1 Å². The predicted octanol–water partition coefficient (Wildman–Crippen LogP) is 5.24. The molecule has 1 aromatic rings. The van der Waals surface area contributed by atoms with Crippen molar-refractivity contribution in [3.8, 4) is 5.75 Å². The highest BCUT2D eigenvalue weighted by molar-refractivity contribution is 5.57. The molecular weight excluding hydrogens is 265 g/mol. The molecule has 0 heterocycles. The van der Waals surface area contributed by atoms with Crippen LogP contribution in [0.2, 0.25) is 0 Å². The molecule has 1 fully saturated rings. The van der Waals surface area contributed by atoms with Crippen LogP contribution < -0.4 is 10.1 Å². The Hall–Kier alpha value is -1.25. The van der Waals surface area contributed by atoms with Crippen molar-refractivity contribution in [2.75, 3.05) is 12.4 Å². The molecule has 1 N–H and O–H groups in total. The van der Waals surface area contributed by atoms with Gasteiger partial charge in [0.05, 0.1) is 12.8 Å². The highest BCUT2D eigenvalue weighted by Gasteiger charge is 2.31. The Kier molecular flexibility index (Phi) is 5.13. The second kappa shape index (κ2) is 6.67. The molecule has 3 heteroatoms. The molecule has 1 saturated carbocycles. The van der Waals surface area contributed by atoms with Gasteiger partial charge in [0.15, 0.2) is 0 Å². The third kappa shape index (κ3) is 3.90. The van der Waals surface area contributed by atoms with E-state index in [9.17, 15) is 4.39 Å².